The van der Waals surface area contributed by atoms with E-state index in [1.807, 2.05) is 0 Å². The molecule has 0 aliphatic carbocycles. The standard InChI is InChI=1S/C17H14Cl2F2N4O4S2/c18-7-2-1-6(3-8(7)19)30-17-13(28)11(12(27)10(5-26)29-17)25-4-9(23-24-25)16-22-14(20)15(21)31-16/h1-4,10-13,17,26-28H,5H2/t10?,11?,12-,13-,17+/m0/s1. The molecule has 2 aromatic heterocycles. The first-order valence-electron chi connectivity index (χ1n) is 8.76. The lowest BCUT2D eigenvalue weighted by atomic mass is 9.97. The number of hydrogen-bond donors (Lipinski definition) is 3. The van der Waals surface area contributed by atoms with Crippen LogP contribution < -0.4 is 0 Å². The maximum absolute atomic E-state index is 13.3. The molecule has 1 aliphatic heterocycles. The van der Waals surface area contributed by atoms with Gasteiger partial charge in [0.05, 0.1) is 22.8 Å². The molecule has 2 unspecified atom stereocenters. The second kappa shape index (κ2) is 9.24. The number of hydrogen-bond acceptors (Lipinski definition) is 9. The molecule has 3 N–H and O–H groups in total. The van der Waals surface area contributed by atoms with Crippen LogP contribution in [0.4, 0.5) is 8.78 Å². The topological polar surface area (TPSA) is 114 Å². The van der Waals surface area contributed by atoms with Crippen molar-refractivity contribution in [3.8, 4) is 10.7 Å². The van der Waals surface area contributed by atoms with Crippen LogP contribution in [0.15, 0.2) is 29.3 Å². The third-order valence-electron chi connectivity index (χ3n) is 4.57. The molecule has 1 aliphatic rings. The van der Waals surface area contributed by atoms with Crippen LogP contribution in [0.5, 0.6) is 0 Å². The van der Waals surface area contributed by atoms with Crippen molar-refractivity contribution in [2.75, 3.05) is 6.61 Å². The molecule has 0 saturated carbocycles. The zero-order valence-corrected chi connectivity index (χ0v) is 18.4. The first-order valence-corrected chi connectivity index (χ1v) is 11.2. The van der Waals surface area contributed by atoms with E-state index >= 15 is 0 Å². The molecule has 14 heteroatoms. The van der Waals surface area contributed by atoms with Crippen molar-refractivity contribution in [3.63, 3.8) is 0 Å². The molecular weight excluding hydrogens is 497 g/mol. The largest absolute Gasteiger partial charge is 0.394 e. The van der Waals surface area contributed by atoms with Crippen LogP contribution >= 0.6 is 46.3 Å². The first-order chi connectivity index (χ1) is 14.8. The van der Waals surface area contributed by atoms with Gasteiger partial charge in [-0.3, -0.25) is 0 Å². The first kappa shape index (κ1) is 22.8. The Hall–Kier alpha value is -1.38. The summed E-state index contributed by atoms with van der Waals surface area (Å²) in [6.07, 6.45) is -2.37. The highest BCUT2D eigenvalue weighted by atomic mass is 35.5. The van der Waals surface area contributed by atoms with Gasteiger partial charge in [-0.05, 0) is 18.2 Å². The van der Waals surface area contributed by atoms with Gasteiger partial charge < -0.3 is 20.1 Å². The molecule has 166 valence electrons. The van der Waals surface area contributed by atoms with Crippen molar-refractivity contribution in [1.82, 2.24) is 20.0 Å². The maximum atomic E-state index is 13.3. The molecule has 5 atom stereocenters. The third kappa shape index (κ3) is 4.57. The van der Waals surface area contributed by atoms with Gasteiger partial charge in [-0.1, -0.05) is 51.5 Å². The second-order valence-corrected chi connectivity index (χ2v) is 9.49. The summed E-state index contributed by atoms with van der Waals surface area (Å²) in [5.41, 5.74) is -0.849. The van der Waals surface area contributed by atoms with Crippen molar-refractivity contribution >= 4 is 46.3 Å². The zero-order valence-electron chi connectivity index (χ0n) is 15.3. The van der Waals surface area contributed by atoms with E-state index in [1.54, 1.807) is 18.2 Å². The SMILES string of the molecule is OCC1O[C@H](Sc2ccc(Cl)c(Cl)c2)[C@@H](O)C(n2cc(-c3nc(F)c(F)s3)nn2)[C@H]1O. The van der Waals surface area contributed by atoms with Gasteiger partial charge in [-0.25, -0.2) is 9.67 Å². The molecule has 3 aromatic rings. The van der Waals surface area contributed by atoms with Gasteiger partial charge in [0.1, 0.15) is 35.5 Å². The molecule has 0 amide bonds. The maximum Gasteiger partial charge on any atom is 0.260 e. The lowest BCUT2D eigenvalue weighted by molar-refractivity contribution is -0.178. The molecule has 1 saturated heterocycles. The van der Waals surface area contributed by atoms with E-state index in [0.717, 1.165) is 16.4 Å². The van der Waals surface area contributed by atoms with Crippen molar-refractivity contribution < 1.29 is 28.8 Å². The Balaban J connectivity index is 1.61. The Morgan fingerprint density at radius 2 is 1.97 bits per heavy atom. The van der Waals surface area contributed by atoms with E-state index in [9.17, 15) is 24.1 Å². The lowest BCUT2D eigenvalue weighted by Gasteiger charge is -2.41. The summed E-state index contributed by atoms with van der Waals surface area (Å²) < 4.78 is 33.4. The van der Waals surface area contributed by atoms with E-state index in [4.69, 9.17) is 27.9 Å². The number of halogens is 4. The summed E-state index contributed by atoms with van der Waals surface area (Å²) in [4.78, 5) is 4.08. The van der Waals surface area contributed by atoms with Crippen LogP contribution in [0.2, 0.25) is 10.0 Å². The van der Waals surface area contributed by atoms with Gasteiger partial charge in [0.15, 0.2) is 5.01 Å². The quantitative estimate of drug-likeness (QED) is 0.480. The molecular formula is C17H14Cl2F2N4O4S2. The van der Waals surface area contributed by atoms with Crippen molar-refractivity contribution in [3.05, 3.63) is 45.5 Å². The molecule has 31 heavy (non-hydrogen) atoms. The highest BCUT2D eigenvalue weighted by Gasteiger charge is 2.46. The number of nitrogens with zero attached hydrogens (tertiary/aromatic N) is 4. The molecule has 8 nitrogen and oxygen atoms in total. The highest BCUT2D eigenvalue weighted by molar-refractivity contribution is 7.99. The summed E-state index contributed by atoms with van der Waals surface area (Å²) >= 11 is 13.5. The normalized spacial score (nSPS) is 26.4. The Labute approximate surface area is 192 Å². The van der Waals surface area contributed by atoms with Crippen LogP contribution in [0, 0.1) is 11.1 Å². The number of thioether (sulfide) groups is 1. The van der Waals surface area contributed by atoms with Gasteiger partial charge >= 0.3 is 0 Å². The minimum Gasteiger partial charge on any atom is -0.394 e. The average Bonchev–Trinajstić information content (AvgIpc) is 3.34. The van der Waals surface area contributed by atoms with E-state index in [2.05, 4.69) is 15.3 Å². The number of rotatable bonds is 5. The van der Waals surface area contributed by atoms with Crippen LogP contribution in [-0.4, -0.2) is 65.7 Å². The number of aliphatic hydroxyl groups is 3. The fourth-order valence-corrected chi connectivity index (χ4v) is 5.16. The molecule has 4 rings (SSSR count). The average molecular weight is 511 g/mol. The van der Waals surface area contributed by atoms with Crippen LogP contribution in [0.3, 0.4) is 0 Å². The van der Waals surface area contributed by atoms with E-state index in [0.29, 0.717) is 26.3 Å². The third-order valence-corrected chi connectivity index (χ3v) is 7.30. The van der Waals surface area contributed by atoms with Gasteiger partial charge in [-0.15, -0.1) is 5.10 Å². The Morgan fingerprint density at radius 3 is 2.61 bits per heavy atom. The van der Waals surface area contributed by atoms with E-state index in [1.165, 1.54) is 6.20 Å². The second-order valence-electron chi connectivity index (χ2n) is 6.56. The van der Waals surface area contributed by atoms with Gasteiger partial charge in [0.25, 0.3) is 5.95 Å². The number of aliphatic hydroxyl groups excluding tert-OH is 3. The monoisotopic (exact) mass is 510 g/mol. The Kier molecular flexibility index (Phi) is 6.79. The predicted octanol–water partition coefficient (Wildman–Crippen LogP) is 2.76. The van der Waals surface area contributed by atoms with Gasteiger partial charge in [0, 0.05) is 4.90 Å². The summed E-state index contributed by atoms with van der Waals surface area (Å²) in [5.74, 6) is -1.25. The van der Waals surface area contributed by atoms with Crippen LogP contribution in [-0.2, 0) is 4.74 Å². The van der Waals surface area contributed by atoms with Gasteiger partial charge in [-0.2, -0.15) is 8.78 Å². The number of thiazole rings is 1. The number of aromatic nitrogens is 4. The van der Waals surface area contributed by atoms with Crippen molar-refractivity contribution in [2.45, 2.75) is 34.7 Å². The fourth-order valence-electron chi connectivity index (χ4n) is 3.07. The molecule has 1 fully saturated rings. The summed E-state index contributed by atoms with van der Waals surface area (Å²) in [5, 5.41) is 38.4. The smallest absolute Gasteiger partial charge is 0.260 e. The highest BCUT2D eigenvalue weighted by Crippen LogP contribution is 2.39. The molecule has 1 aromatic carbocycles. The minimum absolute atomic E-state index is 0.0438. The Morgan fingerprint density at radius 1 is 1.19 bits per heavy atom. The number of ether oxygens (including phenoxy) is 1. The van der Waals surface area contributed by atoms with Crippen LogP contribution in [0.1, 0.15) is 6.04 Å². The van der Waals surface area contributed by atoms with E-state index in [-0.39, 0.29) is 10.7 Å². The van der Waals surface area contributed by atoms with Crippen molar-refractivity contribution in [2.24, 2.45) is 0 Å². The van der Waals surface area contributed by atoms with Crippen molar-refractivity contribution in [1.29, 1.82) is 0 Å². The predicted molar refractivity (Wildman–Crippen MR) is 110 cm³/mol. The van der Waals surface area contributed by atoms with Crippen LogP contribution in [0.25, 0.3) is 10.7 Å². The summed E-state index contributed by atoms with van der Waals surface area (Å²) in [6.45, 7) is -0.521. The zero-order chi connectivity index (χ0) is 22.3. The Bertz CT molecular complexity index is 1070. The summed E-state index contributed by atoms with van der Waals surface area (Å²) in [6, 6.07) is 3.80. The summed E-state index contributed by atoms with van der Waals surface area (Å²) in [7, 11) is 0. The van der Waals surface area contributed by atoms with Gasteiger partial charge in [0.2, 0.25) is 5.13 Å². The molecule has 0 bridgehead atoms. The lowest BCUT2D eigenvalue weighted by Crippen LogP contribution is -2.55. The molecule has 0 radical (unpaired) electrons. The molecule has 0 spiro atoms. The molecule has 3 heterocycles. The number of benzene rings is 1. The van der Waals surface area contributed by atoms with E-state index < -0.39 is 47.5 Å². The fraction of sp³-hybridized carbons (Fsp3) is 0.353. The minimum atomic E-state index is -1.34.